The Kier molecular flexibility index (Phi) is 7.64. The molecule has 0 bridgehead atoms. The quantitative estimate of drug-likeness (QED) is 0.166. The number of fused-ring (bicyclic) bond motifs is 12. The third kappa shape index (κ3) is 5.37. The number of rotatable bonds is 4. The zero-order valence-corrected chi connectivity index (χ0v) is 33.7. The van der Waals surface area contributed by atoms with E-state index in [4.69, 9.17) is 9.97 Å². The minimum atomic E-state index is 0.937. The maximum absolute atomic E-state index is 5.68. The van der Waals surface area contributed by atoms with Crippen LogP contribution in [0.4, 0.5) is 0 Å². The Morgan fingerprint density at radius 1 is 0.242 bits per heavy atom. The molecule has 286 valence electrons. The Morgan fingerprint density at radius 3 is 1.32 bits per heavy atom. The lowest BCUT2D eigenvalue weighted by atomic mass is 9.88. The van der Waals surface area contributed by atoms with Gasteiger partial charge in [-0.05, 0) is 118 Å². The van der Waals surface area contributed by atoms with Gasteiger partial charge in [-0.3, -0.25) is 0 Å². The van der Waals surface area contributed by atoms with Gasteiger partial charge in [0.15, 0.2) is 0 Å². The Balaban J connectivity index is 1.17. The number of para-hydroxylation sites is 1. The predicted octanol–water partition coefficient (Wildman–Crippen LogP) is 16.4. The van der Waals surface area contributed by atoms with Gasteiger partial charge < -0.3 is 0 Å². The first-order valence-corrected chi connectivity index (χ1v) is 21.3. The largest absolute Gasteiger partial charge is 0.248 e. The van der Waals surface area contributed by atoms with Crippen LogP contribution in [0.15, 0.2) is 218 Å². The van der Waals surface area contributed by atoms with Crippen LogP contribution in [0.25, 0.3) is 131 Å². The molecule has 2 aromatic heterocycles. The lowest BCUT2D eigenvalue weighted by molar-refractivity contribution is 1.34. The molecule has 0 radical (unpaired) electrons. The highest BCUT2D eigenvalue weighted by Gasteiger charge is 2.20. The van der Waals surface area contributed by atoms with Crippen molar-refractivity contribution in [2.75, 3.05) is 0 Å². The monoisotopic (exact) mass is 784 g/mol. The van der Waals surface area contributed by atoms with Gasteiger partial charge in [-0.25, -0.2) is 9.97 Å². The van der Waals surface area contributed by atoms with Crippen molar-refractivity contribution in [3.8, 4) is 44.9 Å². The summed E-state index contributed by atoms with van der Waals surface area (Å²) in [7, 11) is 0. The van der Waals surface area contributed by atoms with E-state index in [1.54, 1.807) is 0 Å². The number of hydrogen-bond acceptors (Lipinski definition) is 2. The second-order valence-corrected chi connectivity index (χ2v) is 16.4. The Labute approximate surface area is 358 Å². The van der Waals surface area contributed by atoms with Crippen molar-refractivity contribution in [3.63, 3.8) is 0 Å². The maximum atomic E-state index is 5.68. The van der Waals surface area contributed by atoms with E-state index < -0.39 is 0 Å². The maximum Gasteiger partial charge on any atom is 0.0788 e. The van der Waals surface area contributed by atoms with Crippen molar-refractivity contribution in [1.29, 1.82) is 0 Å². The average Bonchev–Trinajstić information content (AvgIpc) is 3.35. The molecule has 0 saturated carbocycles. The Bertz CT molecular complexity index is 3860. The van der Waals surface area contributed by atoms with Gasteiger partial charge in [0.05, 0.1) is 22.6 Å². The molecule has 13 rings (SSSR count). The zero-order chi connectivity index (χ0) is 40.7. The molecule has 0 atom stereocenters. The smallest absolute Gasteiger partial charge is 0.0788 e. The molecule has 0 amide bonds. The van der Waals surface area contributed by atoms with Crippen LogP contribution < -0.4 is 0 Å². The molecule has 2 heterocycles. The van der Waals surface area contributed by atoms with Crippen LogP contribution in [0.2, 0.25) is 0 Å². The van der Waals surface area contributed by atoms with Gasteiger partial charge >= 0.3 is 0 Å². The molecule has 0 unspecified atom stereocenters. The minimum absolute atomic E-state index is 0.937. The predicted molar refractivity (Wildman–Crippen MR) is 264 cm³/mol. The Hall–Kier alpha value is -8.20. The average molecular weight is 785 g/mol. The summed E-state index contributed by atoms with van der Waals surface area (Å²) < 4.78 is 0. The van der Waals surface area contributed by atoms with Crippen LogP contribution >= 0.6 is 0 Å². The molecule has 0 N–H and O–H groups in total. The lowest BCUT2D eigenvalue weighted by Gasteiger charge is -2.18. The van der Waals surface area contributed by atoms with Crippen molar-refractivity contribution < 1.29 is 0 Å². The molecule has 62 heavy (non-hydrogen) atoms. The van der Waals surface area contributed by atoms with E-state index in [1.165, 1.54) is 70.0 Å². The highest BCUT2D eigenvalue weighted by Crippen LogP contribution is 2.45. The molecule has 0 aliphatic rings. The van der Waals surface area contributed by atoms with Gasteiger partial charge in [-0.2, -0.15) is 0 Å². The molecule has 2 nitrogen and oxygen atoms in total. The second-order valence-electron chi connectivity index (χ2n) is 16.4. The SMILES string of the molecule is c1ccc2cc(-c3nc4ccccc4c4c3cc(-c3cc(-c5cc6ccccc6c6ccccc56)nc(-c5cc6ccccc6c6ccccc56)c3)c3ccccc34)ccc2c1. The molecular weight excluding hydrogens is 749 g/mol. The van der Waals surface area contributed by atoms with Crippen LogP contribution in [0.3, 0.4) is 0 Å². The summed E-state index contributed by atoms with van der Waals surface area (Å²) in [4.78, 5) is 11.1. The van der Waals surface area contributed by atoms with Gasteiger partial charge in [0.1, 0.15) is 0 Å². The molecule has 2 heteroatoms. The van der Waals surface area contributed by atoms with E-state index in [1.807, 2.05) is 0 Å². The minimum Gasteiger partial charge on any atom is -0.248 e. The van der Waals surface area contributed by atoms with E-state index in [2.05, 4.69) is 218 Å². The number of pyridine rings is 2. The first-order valence-electron chi connectivity index (χ1n) is 21.3. The molecule has 0 aliphatic carbocycles. The number of hydrogen-bond donors (Lipinski definition) is 0. The molecule has 13 aromatic rings. The van der Waals surface area contributed by atoms with Gasteiger partial charge in [0, 0.05) is 32.8 Å². The summed E-state index contributed by atoms with van der Waals surface area (Å²) in [6.07, 6.45) is 0. The second kappa shape index (κ2) is 13.7. The van der Waals surface area contributed by atoms with Crippen molar-refractivity contribution in [3.05, 3.63) is 218 Å². The summed E-state index contributed by atoms with van der Waals surface area (Å²) in [5, 5.41) is 18.0. The third-order valence-electron chi connectivity index (χ3n) is 13.0. The standard InChI is InChI=1S/C60H36N2/c1-2-16-38-31-41(30-29-37(38)15-1)60-55-36-52(49-25-11-12-26-50(49)59(55)51-27-13-14-28-56(51)62-60)42-34-57(53-32-39-17-3-5-19-43(39)45-21-7-9-23-47(45)53)61-58(35-42)54-33-40-18-4-6-20-44(40)46-22-8-10-24-48(46)54/h1-36H. The number of aromatic nitrogens is 2. The van der Waals surface area contributed by atoms with Crippen LogP contribution in [0.1, 0.15) is 0 Å². The topological polar surface area (TPSA) is 25.8 Å². The molecule has 0 spiro atoms. The first-order chi connectivity index (χ1) is 30.7. The zero-order valence-electron chi connectivity index (χ0n) is 33.7. The molecular formula is C60H36N2. The summed E-state index contributed by atoms with van der Waals surface area (Å²) >= 11 is 0. The van der Waals surface area contributed by atoms with E-state index in [9.17, 15) is 0 Å². The van der Waals surface area contributed by atoms with E-state index >= 15 is 0 Å². The van der Waals surface area contributed by atoms with Crippen LogP contribution in [-0.2, 0) is 0 Å². The van der Waals surface area contributed by atoms with Crippen LogP contribution in [0.5, 0.6) is 0 Å². The molecule has 0 saturated heterocycles. The van der Waals surface area contributed by atoms with Gasteiger partial charge in [-0.15, -0.1) is 0 Å². The lowest BCUT2D eigenvalue weighted by Crippen LogP contribution is -1.96. The number of benzene rings is 11. The molecule has 0 aliphatic heterocycles. The summed E-state index contributed by atoms with van der Waals surface area (Å²) in [6.45, 7) is 0. The van der Waals surface area contributed by atoms with E-state index in [0.717, 1.165) is 61.2 Å². The highest BCUT2D eigenvalue weighted by atomic mass is 14.7. The summed E-state index contributed by atoms with van der Waals surface area (Å²) in [5.41, 5.74) is 9.42. The van der Waals surface area contributed by atoms with Crippen molar-refractivity contribution in [1.82, 2.24) is 9.97 Å². The van der Waals surface area contributed by atoms with Crippen molar-refractivity contribution in [2.45, 2.75) is 0 Å². The highest BCUT2D eigenvalue weighted by molar-refractivity contribution is 6.26. The van der Waals surface area contributed by atoms with E-state index in [-0.39, 0.29) is 0 Å². The molecule has 11 aromatic carbocycles. The normalized spacial score (nSPS) is 11.9. The van der Waals surface area contributed by atoms with Crippen molar-refractivity contribution in [2.24, 2.45) is 0 Å². The molecule has 0 fully saturated rings. The fraction of sp³-hybridized carbons (Fsp3) is 0. The summed E-state index contributed by atoms with van der Waals surface area (Å²) in [6, 6.07) is 79.5. The van der Waals surface area contributed by atoms with Gasteiger partial charge in [0.2, 0.25) is 0 Å². The van der Waals surface area contributed by atoms with E-state index in [0.29, 0.717) is 0 Å². The van der Waals surface area contributed by atoms with Crippen molar-refractivity contribution >= 4 is 86.3 Å². The fourth-order valence-electron chi connectivity index (χ4n) is 10.1. The Morgan fingerprint density at radius 2 is 0.710 bits per heavy atom. The number of nitrogens with zero attached hydrogens (tertiary/aromatic N) is 2. The van der Waals surface area contributed by atoms with Crippen LogP contribution in [-0.4, -0.2) is 9.97 Å². The first kappa shape index (κ1) is 34.6. The summed E-state index contributed by atoms with van der Waals surface area (Å²) in [5.74, 6) is 0. The van der Waals surface area contributed by atoms with Gasteiger partial charge in [-0.1, -0.05) is 176 Å². The third-order valence-corrected chi connectivity index (χ3v) is 13.0. The van der Waals surface area contributed by atoms with Gasteiger partial charge in [0.25, 0.3) is 0 Å². The fourth-order valence-corrected chi connectivity index (χ4v) is 10.1. The van der Waals surface area contributed by atoms with Crippen LogP contribution in [0, 0.1) is 0 Å².